The first-order valence-corrected chi connectivity index (χ1v) is 10.9. The van der Waals surface area contributed by atoms with Gasteiger partial charge in [-0.25, -0.2) is 0 Å². The molecule has 1 N–H and O–H groups in total. The molecule has 2 amide bonds. The standard InChI is InChI=1S/C26H28N2O4/c1-18(21-7-8-23-16-24(31-2)10-9-22(23)15-21)25(29)27-17-19-3-5-20(6-4-19)26(30)28-11-13-32-14-12-28/h3-10,15-16,18H,11-14,17H2,1-2H3,(H,27,29)/t18-/m1/s1. The number of carbonyl (C=O) groups excluding carboxylic acids is 2. The van der Waals surface area contributed by atoms with E-state index in [1.165, 1.54) is 0 Å². The SMILES string of the molecule is COc1ccc2cc([C@@H](C)C(=O)NCc3ccc(C(=O)N4CCOCC4)cc3)ccc2c1. The van der Waals surface area contributed by atoms with Crippen LogP contribution in [0.5, 0.6) is 5.75 Å². The summed E-state index contributed by atoms with van der Waals surface area (Å²) < 4.78 is 10.6. The summed E-state index contributed by atoms with van der Waals surface area (Å²) in [6.07, 6.45) is 0. The number of hydrogen-bond acceptors (Lipinski definition) is 4. The Hall–Kier alpha value is -3.38. The molecule has 1 saturated heterocycles. The highest BCUT2D eigenvalue weighted by Crippen LogP contribution is 2.25. The zero-order valence-corrected chi connectivity index (χ0v) is 18.5. The minimum Gasteiger partial charge on any atom is -0.497 e. The van der Waals surface area contributed by atoms with Crippen LogP contribution in [0.25, 0.3) is 10.8 Å². The lowest BCUT2D eigenvalue weighted by atomic mass is 9.97. The largest absolute Gasteiger partial charge is 0.497 e. The van der Waals surface area contributed by atoms with Gasteiger partial charge in [0.2, 0.25) is 5.91 Å². The minimum absolute atomic E-state index is 0.0198. The van der Waals surface area contributed by atoms with Crippen molar-refractivity contribution in [3.8, 4) is 5.75 Å². The molecule has 1 heterocycles. The van der Waals surface area contributed by atoms with Gasteiger partial charge in [-0.2, -0.15) is 0 Å². The summed E-state index contributed by atoms with van der Waals surface area (Å²) >= 11 is 0. The molecule has 0 spiro atoms. The van der Waals surface area contributed by atoms with E-state index in [0.29, 0.717) is 38.4 Å². The Labute approximate surface area is 188 Å². The van der Waals surface area contributed by atoms with Gasteiger partial charge >= 0.3 is 0 Å². The third kappa shape index (κ3) is 4.92. The maximum absolute atomic E-state index is 12.7. The normalized spacial score (nSPS) is 14.8. The van der Waals surface area contributed by atoms with Gasteiger partial charge in [-0.1, -0.05) is 36.4 Å². The third-order valence-electron chi connectivity index (χ3n) is 5.93. The second kappa shape index (κ2) is 9.83. The minimum atomic E-state index is -0.274. The zero-order chi connectivity index (χ0) is 22.5. The molecule has 0 unspecified atom stereocenters. The van der Waals surface area contributed by atoms with Gasteiger partial charge in [0.15, 0.2) is 0 Å². The average Bonchev–Trinajstić information content (AvgIpc) is 2.86. The number of rotatable bonds is 6. The van der Waals surface area contributed by atoms with Crippen LogP contribution >= 0.6 is 0 Å². The fraction of sp³-hybridized carbons (Fsp3) is 0.308. The van der Waals surface area contributed by atoms with Crippen molar-refractivity contribution in [2.75, 3.05) is 33.4 Å². The second-order valence-electron chi connectivity index (χ2n) is 8.01. The summed E-state index contributed by atoms with van der Waals surface area (Å²) in [7, 11) is 1.65. The van der Waals surface area contributed by atoms with E-state index in [9.17, 15) is 9.59 Å². The number of nitrogens with one attached hydrogen (secondary N) is 1. The van der Waals surface area contributed by atoms with Crippen molar-refractivity contribution >= 4 is 22.6 Å². The molecule has 0 saturated carbocycles. The summed E-state index contributed by atoms with van der Waals surface area (Å²) in [5, 5.41) is 5.15. The summed E-state index contributed by atoms with van der Waals surface area (Å²) in [6, 6.07) is 19.4. The predicted octanol–water partition coefficient (Wildman–Crippen LogP) is 3.74. The Bertz CT molecular complexity index is 1100. The van der Waals surface area contributed by atoms with E-state index in [1.807, 2.05) is 72.5 Å². The Morgan fingerprint density at radius 2 is 1.69 bits per heavy atom. The average molecular weight is 433 g/mol. The van der Waals surface area contributed by atoms with Crippen LogP contribution in [0.4, 0.5) is 0 Å². The maximum atomic E-state index is 12.7. The Balaban J connectivity index is 1.35. The van der Waals surface area contributed by atoms with Gasteiger partial charge in [0.1, 0.15) is 5.75 Å². The maximum Gasteiger partial charge on any atom is 0.254 e. The molecule has 1 atom stereocenters. The molecule has 1 aliphatic rings. The second-order valence-corrected chi connectivity index (χ2v) is 8.01. The molecule has 6 heteroatoms. The number of benzene rings is 3. The van der Waals surface area contributed by atoms with E-state index in [4.69, 9.17) is 9.47 Å². The van der Waals surface area contributed by atoms with Crippen LogP contribution in [0, 0.1) is 0 Å². The van der Waals surface area contributed by atoms with E-state index in [-0.39, 0.29) is 17.7 Å². The van der Waals surface area contributed by atoms with Crippen LogP contribution in [0.3, 0.4) is 0 Å². The Morgan fingerprint density at radius 3 is 2.41 bits per heavy atom. The highest BCUT2D eigenvalue weighted by Gasteiger charge is 2.19. The lowest BCUT2D eigenvalue weighted by molar-refractivity contribution is -0.122. The Kier molecular flexibility index (Phi) is 6.71. The number of carbonyl (C=O) groups is 2. The topological polar surface area (TPSA) is 67.9 Å². The summed E-state index contributed by atoms with van der Waals surface area (Å²) in [5.74, 6) is 0.523. The number of morpholine rings is 1. The molecule has 0 aromatic heterocycles. The third-order valence-corrected chi connectivity index (χ3v) is 5.93. The first-order valence-electron chi connectivity index (χ1n) is 10.9. The number of methoxy groups -OCH3 is 1. The fourth-order valence-electron chi connectivity index (χ4n) is 3.85. The molecule has 0 radical (unpaired) electrons. The molecule has 6 nitrogen and oxygen atoms in total. The van der Waals surface area contributed by atoms with E-state index in [1.54, 1.807) is 7.11 Å². The highest BCUT2D eigenvalue weighted by molar-refractivity contribution is 5.94. The first-order chi connectivity index (χ1) is 15.5. The highest BCUT2D eigenvalue weighted by atomic mass is 16.5. The lowest BCUT2D eigenvalue weighted by Gasteiger charge is -2.26. The van der Waals surface area contributed by atoms with E-state index in [2.05, 4.69) is 5.32 Å². The van der Waals surface area contributed by atoms with Crippen molar-refractivity contribution in [3.63, 3.8) is 0 Å². The van der Waals surface area contributed by atoms with Crippen molar-refractivity contribution in [1.82, 2.24) is 10.2 Å². The summed E-state index contributed by atoms with van der Waals surface area (Å²) in [6.45, 7) is 4.73. The molecular formula is C26H28N2O4. The molecule has 3 aromatic carbocycles. The smallest absolute Gasteiger partial charge is 0.254 e. The quantitative estimate of drug-likeness (QED) is 0.644. The summed E-state index contributed by atoms with van der Waals surface area (Å²) in [5.41, 5.74) is 2.57. The number of nitrogens with zero attached hydrogens (tertiary/aromatic N) is 1. The van der Waals surface area contributed by atoms with Gasteiger partial charge in [-0.15, -0.1) is 0 Å². The molecule has 1 fully saturated rings. The lowest BCUT2D eigenvalue weighted by Crippen LogP contribution is -2.40. The molecule has 166 valence electrons. The van der Waals surface area contributed by atoms with Crippen LogP contribution in [0.2, 0.25) is 0 Å². The monoisotopic (exact) mass is 432 g/mol. The van der Waals surface area contributed by atoms with Gasteiger partial charge in [0.05, 0.1) is 26.2 Å². The van der Waals surface area contributed by atoms with Crippen LogP contribution < -0.4 is 10.1 Å². The van der Waals surface area contributed by atoms with Crippen molar-refractivity contribution in [3.05, 3.63) is 77.4 Å². The van der Waals surface area contributed by atoms with Crippen molar-refractivity contribution in [1.29, 1.82) is 0 Å². The van der Waals surface area contributed by atoms with Gasteiger partial charge in [-0.3, -0.25) is 9.59 Å². The van der Waals surface area contributed by atoms with E-state index in [0.717, 1.165) is 27.6 Å². The van der Waals surface area contributed by atoms with Gasteiger partial charge in [0, 0.05) is 25.2 Å². The molecule has 0 aliphatic carbocycles. The molecular weight excluding hydrogens is 404 g/mol. The van der Waals surface area contributed by atoms with Crippen molar-refractivity contribution in [2.45, 2.75) is 19.4 Å². The molecule has 3 aromatic rings. The van der Waals surface area contributed by atoms with Gasteiger partial charge in [0.25, 0.3) is 5.91 Å². The number of fused-ring (bicyclic) bond motifs is 1. The summed E-state index contributed by atoms with van der Waals surface area (Å²) in [4.78, 5) is 27.1. The predicted molar refractivity (Wildman–Crippen MR) is 124 cm³/mol. The van der Waals surface area contributed by atoms with Crippen LogP contribution in [0.15, 0.2) is 60.7 Å². The number of hydrogen-bond donors (Lipinski definition) is 1. The van der Waals surface area contributed by atoms with Crippen molar-refractivity contribution in [2.24, 2.45) is 0 Å². The number of amides is 2. The Morgan fingerprint density at radius 1 is 1.00 bits per heavy atom. The van der Waals surface area contributed by atoms with Gasteiger partial charge in [-0.05, 0) is 53.1 Å². The number of ether oxygens (including phenoxy) is 2. The van der Waals surface area contributed by atoms with Crippen LogP contribution in [-0.2, 0) is 16.1 Å². The molecule has 4 rings (SSSR count). The van der Waals surface area contributed by atoms with E-state index >= 15 is 0 Å². The first kappa shape index (κ1) is 21.8. The van der Waals surface area contributed by atoms with Gasteiger partial charge < -0.3 is 19.7 Å². The van der Waals surface area contributed by atoms with E-state index < -0.39 is 0 Å². The fourth-order valence-corrected chi connectivity index (χ4v) is 3.85. The van der Waals surface area contributed by atoms with Crippen LogP contribution in [0.1, 0.15) is 34.3 Å². The van der Waals surface area contributed by atoms with Crippen molar-refractivity contribution < 1.29 is 19.1 Å². The molecule has 32 heavy (non-hydrogen) atoms. The zero-order valence-electron chi connectivity index (χ0n) is 18.5. The molecule has 0 bridgehead atoms. The van der Waals surface area contributed by atoms with Crippen LogP contribution in [-0.4, -0.2) is 50.1 Å². The molecule has 1 aliphatic heterocycles.